The van der Waals surface area contributed by atoms with Crippen molar-refractivity contribution in [3.8, 4) is 0 Å². The van der Waals surface area contributed by atoms with E-state index in [-0.39, 0.29) is 0 Å². The number of hydrogen-bond donors (Lipinski definition) is 0. The number of hydrogen-bond acceptors (Lipinski definition) is 2. The predicted molar refractivity (Wildman–Crippen MR) is 59.6 cm³/mol. The van der Waals surface area contributed by atoms with Crippen molar-refractivity contribution in [1.82, 2.24) is 9.78 Å². The molecule has 0 N–H and O–H groups in total. The highest BCUT2D eigenvalue weighted by atomic mass is 79.9. The highest BCUT2D eigenvalue weighted by Gasteiger charge is 2.03. The second-order valence-corrected chi connectivity index (χ2v) is 4.15. The summed E-state index contributed by atoms with van der Waals surface area (Å²) in [5, 5.41) is 4.96. The fourth-order valence-electron chi connectivity index (χ4n) is 1.27. The van der Waals surface area contributed by atoms with Gasteiger partial charge in [0.05, 0.1) is 6.20 Å². The van der Waals surface area contributed by atoms with Crippen LogP contribution < -0.4 is 0 Å². The van der Waals surface area contributed by atoms with Crippen LogP contribution >= 0.6 is 15.9 Å². The zero-order valence-corrected chi connectivity index (χ0v) is 9.96. The molecule has 1 aromatic rings. The van der Waals surface area contributed by atoms with Gasteiger partial charge < -0.3 is 0 Å². The lowest BCUT2D eigenvalue weighted by atomic mass is 10.1. The molecular formula is C10H15BrN2O. The van der Waals surface area contributed by atoms with Crippen LogP contribution in [0.15, 0.2) is 12.4 Å². The Bertz CT molecular complexity index is 296. The molecule has 0 atom stereocenters. The Morgan fingerprint density at radius 1 is 1.57 bits per heavy atom. The van der Waals surface area contributed by atoms with Crippen molar-refractivity contribution in [2.45, 2.75) is 25.7 Å². The molecule has 0 aliphatic rings. The number of aryl methyl sites for hydroxylation is 2. The lowest BCUT2D eigenvalue weighted by molar-refractivity contribution is -0.119. The fraction of sp³-hybridized carbons (Fsp3) is 0.600. The molecule has 1 heterocycles. The van der Waals surface area contributed by atoms with Crippen molar-refractivity contribution < 1.29 is 4.79 Å². The third-order valence-corrected chi connectivity index (χ3v) is 2.60. The Balaban J connectivity index is 2.23. The first-order chi connectivity index (χ1) is 6.72. The first-order valence-corrected chi connectivity index (χ1v) is 5.89. The van der Waals surface area contributed by atoms with E-state index < -0.39 is 0 Å². The van der Waals surface area contributed by atoms with Gasteiger partial charge in [-0.2, -0.15) is 5.10 Å². The van der Waals surface area contributed by atoms with E-state index in [9.17, 15) is 4.79 Å². The molecule has 0 radical (unpaired) electrons. The number of carbonyl (C=O) groups excluding carboxylic acids is 1. The number of halogens is 1. The standard InChI is InChI=1S/C10H15BrN2O/c1-13-8-9(7-12-13)4-5-10(14)3-2-6-11/h7-8H,2-6H2,1H3. The van der Waals surface area contributed by atoms with Gasteiger partial charge in [0.1, 0.15) is 5.78 Å². The van der Waals surface area contributed by atoms with Crippen LogP contribution in [-0.4, -0.2) is 20.9 Å². The molecule has 0 aromatic carbocycles. The van der Waals surface area contributed by atoms with Gasteiger partial charge in [-0.3, -0.25) is 9.48 Å². The van der Waals surface area contributed by atoms with Crippen LogP contribution in [0, 0.1) is 0 Å². The maximum atomic E-state index is 11.3. The smallest absolute Gasteiger partial charge is 0.133 e. The molecule has 78 valence electrons. The van der Waals surface area contributed by atoms with Gasteiger partial charge in [0.25, 0.3) is 0 Å². The van der Waals surface area contributed by atoms with Crippen LogP contribution in [0.5, 0.6) is 0 Å². The molecule has 0 aliphatic heterocycles. The van der Waals surface area contributed by atoms with Gasteiger partial charge in [-0.15, -0.1) is 0 Å². The first kappa shape index (κ1) is 11.4. The molecule has 4 heteroatoms. The van der Waals surface area contributed by atoms with Crippen LogP contribution in [-0.2, 0) is 18.3 Å². The number of nitrogens with zero attached hydrogens (tertiary/aromatic N) is 2. The molecule has 0 saturated carbocycles. The molecule has 1 aromatic heterocycles. The van der Waals surface area contributed by atoms with Crippen molar-refractivity contribution in [3.63, 3.8) is 0 Å². The number of rotatable bonds is 6. The minimum absolute atomic E-state index is 0.341. The van der Waals surface area contributed by atoms with E-state index in [0.717, 1.165) is 23.7 Å². The van der Waals surface area contributed by atoms with Crippen molar-refractivity contribution in [2.75, 3.05) is 5.33 Å². The normalized spacial score (nSPS) is 10.4. The second kappa shape index (κ2) is 5.96. The third kappa shape index (κ3) is 4.05. The Hall–Kier alpha value is -0.640. The number of alkyl halides is 1. The van der Waals surface area contributed by atoms with Crippen LogP contribution in [0.3, 0.4) is 0 Å². The van der Waals surface area contributed by atoms with Gasteiger partial charge in [-0.1, -0.05) is 15.9 Å². The van der Waals surface area contributed by atoms with Crippen LogP contribution in [0.1, 0.15) is 24.8 Å². The van der Waals surface area contributed by atoms with Crippen molar-refractivity contribution in [3.05, 3.63) is 18.0 Å². The number of Topliss-reactive ketones (excluding diaryl/α,β-unsaturated/α-hetero) is 1. The summed E-state index contributed by atoms with van der Waals surface area (Å²) in [7, 11) is 1.89. The van der Waals surface area contributed by atoms with Gasteiger partial charge >= 0.3 is 0 Å². The van der Waals surface area contributed by atoms with Crippen LogP contribution in [0.25, 0.3) is 0 Å². The fourth-order valence-corrected chi connectivity index (χ4v) is 1.55. The topological polar surface area (TPSA) is 34.9 Å². The molecule has 0 bridgehead atoms. The Labute approximate surface area is 92.6 Å². The molecule has 0 amide bonds. The van der Waals surface area contributed by atoms with Crippen LogP contribution in [0.2, 0.25) is 0 Å². The van der Waals surface area contributed by atoms with Gasteiger partial charge in [0, 0.05) is 31.4 Å². The van der Waals surface area contributed by atoms with E-state index in [2.05, 4.69) is 21.0 Å². The maximum absolute atomic E-state index is 11.3. The molecule has 0 aliphatic carbocycles. The minimum atomic E-state index is 0.341. The van der Waals surface area contributed by atoms with E-state index in [4.69, 9.17) is 0 Å². The Kier molecular flexibility index (Phi) is 4.87. The highest BCUT2D eigenvalue weighted by molar-refractivity contribution is 9.09. The SMILES string of the molecule is Cn1cc(CCC(=O)CCCBr)cn1. The molecular weight excluding hydrogens is 244 g/mol. The molecule has 0 unspecified atom stereocenters. The summed E-state index contributed by atoms with van der Waals surface area (Å²) in [5.41, 5.74) is 1.14. The zero-order valence-electron chi connectivity index (χ0n) is 8.37. The summed E-state index contributed by atoms with van der Waals surface area (Å²) in [6, 6.07) is 0. The molecule has 1 rings (SSSR count). The quantitative estimate of drug-likeness (QED) is 0.733. The largest absolute Gasteiger partial charge is 0.300 e. The lowest BCUT2D eigenvalue weighted by Crippen LogP contribution is -1.99. The summed E-state index contributed by atoms with van der Waals surface area (Å²) in [5.74, 6) is 0.341. The van der Waals surface area contributed by atoms with Gasteiger partial charge in [-0.25, -0.2) is 0 Å². The van der Waals surface area contributed by atoms with Crippen molar-refractivity contribution in [2.24, 2.45) is 7.05 Å². The van der Waals surface area contributed by atoms with Crippen LogP contribution in [0.4, 0.5) is 0 Å². The maximum Gasteiger partial charge on any atom is 0.133 e. The van der Waals surface area contributed by atoms with E-state index in [0.29, 0.717) is 18.6 Å². The summed E-state index contributed by atoms with van der Waals surface area (Å²) >= 11 is 3.31. The second-order valence-electron chi connectivity index (χ2n) is 3.35. The number of carbonyl (C=O) groups is 1. The monoisotopic (exact) mass is 258 g/mol. The average Bonchev–Trinajstić information content (AvgIpc) is 2.58. The average molecular weight is 259 g/mol. The summed E-state index contributed by atoms with van der Waals surface area (Å²) < 4.78 is 1.76. The zero-order chi connectivity index (χ0) is 10.4. The van der Waals surface area contributed by atoms with E-state index >= 15 is 0 Å². The molecule has 0 spiro atoms. The summed E-state index contributed by atoms with van der Waals surface area (Å²) in [6.07, 6.45) is 6.85. The molecule has 0 saturated heterocycles. The predicted octanol–water partition coefficient (Wildman–Crippen LogP) is 2.10. The van der Waals surface area contributed by atoms with Gasteiger partial charge in [0.2, 0.25) is 0 Å². The number of aromatic nitrogens is 2. The Morgan fingerprint density at radius 2 is 2.36 bits per heavy atom. The highest BCUT2D eigenvalue weighted by Crippen LogP contribution is 2.04. The third-order valence-electron chi connectivity index (χ3n) is 2.04. The van der Waals surface area contributed by atoms with Gasteiger partial charge in [-0.05, 0) is 18.4 Å². The number of ketones is 1. The lowest BCUT2D eigenvalue weighted by Gasteiger charge is -1.97. The molecule has 0 fully saturated rings. The molecule has 3 nitrogen and oxygen atoms in total. The summed E-state index contributed by atoms with van der Waals surface area (Å²) in [6.45, 7) is 0. The van der Waals surface area contributed by atoms with E-state index in [1.165, 1.54) is 0 Å². The van der Waals surface area contributed by atoms with Gasteiger partial charge in [0.15, 0.2) is 0 Å². The first-order valence-electron chi connectivity index (χ1n) is 4.77. The molecule has 14 heavy (non-hydrogen) atoms. The van der Waals surface area contributed by atoms with E-state index in [1.807, 2.05) is 19.4 Å². The van der Waals surface area contributed by atoms with Crippen molar-refractivity contribution >= 4 is 21.7 Å². The summed E-state index contributed by atoms with van der Waals surface area (Å²) in [4.78, 5) is 11.3. The van der Waals surface area contributed by atoms with E-state index in [1.54, 1.807) is 4.68 Å². The van der Waals surface area contributed by atoms with Crippen molar-refractivity contribution in [1.29, 1.82) is 0 Å². The minimum Gasteiger partial charge on any atom is -0.300 e. The Morgan fingerprint density at radius 3 is 2.93 bits per heavy atom.